The first-order valence-electron chi connectivity index (χ1n) is 11.2. The highest BCUT2D eigenvalue weighted by atomic mass is 35.5. The lowest BCUT2D eigenvalue weighted by Gasteiger charge is -2.41. The fraction of sp³-hybridized carbons (Fsp3) is 0.565. The maximum Gasteiger partial charge on any atom is 0.227 e. The van der Waals surface area contributed by atoms with Crippen molar-refractivity contribution in [3.05, 3.63) is 40.5 Å². The van der Waals surface area contributed by atoms with Gasteiger partial charge in [0.05, 0.1) is 19.3 Å². The topological polar surface area (TPSA) is 105 Å². The van der Waals surface area contributed by atoms with E-state index in [0.717, 1.165) is 24.1 Å². The number of benzene rings is 1. The van der Waals surface area contributed by atoms with Gasteiger partial charge in [-0.1, -0.05) is 37.6 Å². The fourth-order valence-electron chi connectivity index (χ4n) is 4.50. The zero-order valence-corrected chi connectivity index (χ0v) is 20.1. The molecule has 0 amide bonds. The van der Waals surface area contributed by atoms with Crippen LogP contribution in [0.2, 0.25) is 5.02 Å². The third-order valence-corrected chi connectivity index (χ3v) is 8.47. The van der Waals surface area contributed by atoms with Crippen molar-refractivity contribution in [2.45, 2.75) is 49.5 Å². The Kier molecular flexibility index (Phi) is 7.17. The lowest BCUT2D eigenvalue weighted by molar-refractivity contribution is 0.165. The Labute approximate surface area is 197 Å². The molecular weight excluding hydrogens is 448 g/mol. The predicted octanol–water partition coefficient (Wildman–Crippen LogP) is 2.75. The van der Waals surface area contributed by atoms with Crippen LogP contribution in [0.15, 0.2) is 29.2 Å². The first-order valence-corrected chi connectivity index (χ1v) is 12.8. The molecule has 2 aliphatic heterocycles. The SMILES string of the molecule is CC(C)[C@H](CO)Nc1nc(N2CCC(CO)(c3ccc(Cl)cc3)CC2)nc2c1[S+]([O-])CC2. The molecule has 7 nitrogen and oxygen atoms in total. The summed E-state index contributed by atoms with van der Waals surface area (Å²) in [5.41, 5.74) is 1.62. The highest BCUT2D eigenvalue weighted by Gasteiger charge is 2.38. The number of piperidine rings is 1. The molecule has 2 aromatic rings. The van der Waals surface area contributed by atoms with Gasteiger partial charge < -0.3 is 25.0 Å². The second kappa shape index (κ2) is 9.73. The second-order valence-electron chi connectivity index (χ2n) is 9.06. The molecule has 32 heavy (non-hydrogen) atoms. The van der Waals surface area contributed by atoms with Crippen molar-refractivity contribution in [3.8, 4) is 0 Å². The van der Waals surface area contributed by atoms with Gasteiger partial charge in [0.15, 0.2) is 5.82 Å². The maximum absolute atomic E-state index is 12.6. The number of anilines is 2. The lowest BCUT2D eigenvalue weighted by atomic mass is 9.73. The molecule has 1 unspecified atom stereocenters. The first-order chi connectivity index (χ1) is 15.4. The number of nitrogens with one attached hydrogen (secondary N) is 1. The molecule has 0 aliphatic carbocycles. The molecule has 4 rings (SSSR count). The van der Waals surface area contributed by atoms with Gasteiger partial charge in [-0.2, -0.15) is 4.98 Å². The van der Waals surface area contributed by atoms with Crippen LogP contribution in [-0.4, -0.2) is 62.8 Å². The molecule has 1 aromatic heterocycles. The highest BCUT2D eigenvalue weighted by molar-refractivity contribution is 7.91. The number of halogens is 1. The number of hydrogen-bond donors (Lipinski definition) is 3. The van der Waals surface area contributed by atoms with Gasteiger partial charge in [-0.3, -0.25) is 0 Å². The number of nitrogens with zero attached hydrogens (tertiary/aromatic N) is 3. The van der Waals surface area contributed by atoms with E-state index >= 15 is 0 Å². The van der Waals surface area contributed by atoms with E-state index in [1.54, 1.807) is 0 Å². The molecule has 0 saturated carbocycles. The minimum Gasteiger partial charge on any atom is -0.611 e. The van der Waals surface area contributed by atoms with Crippen LogP contribution in [0, 0.1) is 5.92 Å². The number of aliphatic hydroxyl groups excluding tert-OH is 2. The molecule has 1 aromatic carbocycles. The Morgan fingerprint density at radius 3 is 2.47 bits per heavy atom. The normalized spacial score (nSPS) is 21.0. The Morgan fingerprint density at radius 1 is 1.19 bits per heavy atom. The van der Waals surface area contributed by atoms with Crippen molar-refractivity contribution in [2.24, 2.45) is 5.92 Å². The minimum absolute atomic E-state index is 0.0256. The van der Waals surface area contributed by atoms with E-state index in [1.165, 1.54) is 0 Å². The van der Waals surface area contributed by atoms with Crippen molar-refractivity contribution >= 4 is 34.5 Å². The summed E-state index contributed by atoms with van der Waals surface area (Å²) >= 11 is 4.92. The van der Waals surface area contributed by atoms with Crippen LogP contribution in [0.4, 0.5) is 11.8 Å². The van der Waals surface area contributed by atoms with Crippen LogP contribution in [0.25, 0.3) is 0 Å². The van der Waals surface area contributed by atoms with Gasteiger partial charge in [0, 0.05) is 29.9 Å². The zero-order chi connectivity index (χ0) is 22.9. The molecule has 9 heteroatoms. The third-order valence-electron chi connectivity index (χ3n) is 6.76. The Bertz CT molecular complexity index is 936. The van der Waals surface area contributed by atoms with E-state index < -0.39 is 11.2 Å². The molecule has 0 bridgehead atoms. The molecule has 2 atom stereocenters. The van der Waals surface area contributed by atoms with E-state index in [-0.39, 0.29) is 30.6 Å². The number of hydrogen-bond acceptors (Lipinski definition) is 7. The molecule has 2 aliphatic rings. The monoisotopic (exact) mass is 478 g/mol. The van der Waals surface area contributed by atoms with Gasteiger partial charge in [-0.05, 0) is 47.6 Å². The van der Waals surface area contributed by atoms with Crippen LogP contribution in [0.1, 0.15) is 37.9 Å². The molecule has 3 N–H and O–H groups in total. The van der Waals surface area contributed by atoms with Crippen LogP contribution in [0.3, 0.4) is 0 Å². The largest absolute Gasteiger partial charge is 0.611 e. The molecule has 0 spiro atoms. The van der Waals surface area contributed by atoms with Crippen LogP contribution >= 0.6 is 11.6 Å². The molecule has 1 saturated heterocycles. The Morgan fingerprint density at radius 2 is 1.88 bits per heavy atom. The van der Waals surface area contributed by atoms with Gasteiger partial charge in [-0.15, -0.1) is 0 Å². The minimum atomic E-state index is -1.13. The molecular formula is C23H31ClN4O3S. The fourth-order valence-corrected chi connectivity index (χ4v) is 5.94. The number of aliphatic hydroxyl groups is 2. The zero-order valence-electron chi connectivity index (χ0n) is 18.6. The van der Waals surface area contributed by atoms with Crippen molar-refractivity contribution in [2.75, 3.05) is 42.3 Å². The van der Waals surface area contributed by atoms with E-state index in [2.05, 4.69) is 10.2 Å². The summed E-state index contributed by atoms with van der Waals surface area (Å²) in [5, 5.41) is 24.0. The van der Waals surface area contributed by atoms with E-state index in [4.69, 9.17) is 21.6 Å². The molecule has 174 valence electrons. The highest BCUT2D eigenvalue weighted by Crippen LogP contribution is 2.38. The number of rotatable bonds is 7. The Hall–Kier alpha value is -1.58. The first kappa shape index (κ1) is 23.6. The second-order valence-corrected chi connectivity index (χ2v) is 11.0. The number of aromatic nitrogens is 2. The van der Waals surface area contributed by atoms with Gasteiger partial charge in [-0.25, -0.2) is 4.98 Å². The lowest BCUT2D eigenvalue weighted by Crippen LogP contribution is -2.45. The van der Waals surface area contributed by atoms with Gasteiger partial charge >= 0.3 is 0 Å². The van der Waals surface area contributed by atoms with Crippen molar-refractivity contribution < 1.29 is 14.8 Å². The average Bonchev–Trinajstić information content (AvgIpc) is 3.18. The van der Waals surface area contributed by atoms with Crippen molar-refractivity contribution in [1.29, 1.82) is 0 Å². The van der Waals surface area contributed by atoms with E-state index in [0.29, 0.717) is 46.9 Å². The van der Waals surface area contributed by atoms with E-state index in [9.17, 15) is 14.8 Å². The summed E-state index contributed by atoms with van der Waals surface area (Å²) in [4.78, 5) is 12.3. The smallest absolute Gasteiger partial charge is 0.227 e. The predicted molar refractivity (Wildman–Crippen MR) is 128 cm³/mol. The number of aryl methyl sites for hydroxylation is 1. The number of fused-ring (bicyclic) bond motifs is 1. The maximum atomic E-state index is 12.6. The average molecular weight is 479 g/mol. The molecule has 0 radical (unpaired) electrons. The van der Waals surface area contributed by atoms with Crippen molar-refractivity contribution in [3.63, 3.8) is 0 Å². The Balaban J connectivity index is 1.58. The van der Waals surface area contributed by atoms with Crippen LogP contribution in [-0.2, 0) is 23.0 Å². The van der Waals surface area contributed by atoms with Crippen LogP contribution < -0.4 is 10.2 Å². The standard InChI is InChI=1S/C23H31ClN4O3S/c1-15(2)19(13-29)25-21-20-18(7-12-32(20)31)26-22(27-21)28-10-8-23(14-30,9-11-28)16-3-5-17(24)6-4-16/h3-6,15,19,29-30H,7-14H2,1-2H3,(H,25,26,27)/t19-,32?/m0/s1. The summed E-state index contributed by atoms with van der Waals surface area (Å²) < 4.78 is 12.6. The molecule has 3 heterocycles. The van der Waals surface area contributed by atoms with Gasteiger partial charge in [0.2, 0.25) is 10.8 Å². The summed E-state index contributed by atoms with van der Waals surface area (Å²) in [7, 11) is 0. The van der Waals surface area contributed by atoms with Gasteiger partial charge in [0.25, 0.3) is 0 Å². The van der Waals surface area contributed by atoms with Gasteiger partial charge in [0.1, 0.15) is 11.4 Å². The summed E-state index contributed by atoms with van der Waals surface area (Å²) in [6, 6.07) is 7.56. The summed E-state index contributed by atoms with van der Waals surface area (Å²) in [5.74, 6) is 1.94. The quantitative estimate of drug-likeness (QED) is 0.525. The van der Waals surface area contributed by atoms with E-state index in [1.807, 2.05) is 38.1 Å². The summed E-state index contributed by atoms with van der Waals surface area (Å²) in [6.07, 6.45) is 2.20. The van der Waals surface area contributed by atoms with Crippen LogP contribution in [0.5, 0.6) is 0 Å². The summed E-state index contributed by atoms with van der Waals surface area (Å²) in [6.45, 7) is 5.52. The van der Waals surface area contributed by atoms with Crippen molar-refractivity contribution in [1.82, 2.24) is 9.97 Å². The third kappa shape index (κ3) is 4.56. The molecule has 1 fully saturated rings.